The summed E-state index contributed by atoms with van der Waals surface area (Å²) in [6.45, 7) is 7.23. The second-order valence-corrected chi connectivity index (χ2v) is 6.19. The number of hydrogen-bond acceptors (Lipinski definition) is 3. The quantitative estimate of drug-likeness (QED) is 0.746. The molecule has 1 atom stereocenters. The van der Waals surface area contributed by atoms with Crippen molar-refractivity contribution in [1.29, 1.82) is 0 Å². The normalized spacial score (nSPS) is 36.4. The molecule has 4 heteroatoms. The summed E-state index contributed by atoms with van der Waals surface area (Å²) in [6.07, 6.45) is 1.78. The molecule has 1 aliphatic heterocycles. The van der Waals surface area contributed by atoms with Gasteiger partial charge in [0.2, 0.25) is 0 Å². The molecule has 1 unspecified atom stereocenters. The minimum absolute atomic E-state index is 0.0352. The Morgan fingerprint density at radius 2 is 1.69 bits per heavy atom. The lowest BCUT2D eigenvalue weighted by atomic mass is 9.88. The van der Waals surface area contributed by atoms with E-state index in [2.05, 4.69) is 13.8 Å². The molecule has 4 nitrogen and oxygen atoms in total. The second-order valence-electron chi connectivity index (χ2n) is 6.19. The SMILES string of the molecule is CC1(C)COC2(CCC(C)(C(=O)O)C2)OC1. The molecule has 0 aromatic heterocycles. The molecular weight excluding hydrogens is 208 g/mol. The first-order valence-electron chi connectivity index (χ1n) is 5.78. The maximum absolute atomic E-state index is 11.2. The van der Waals surface area contributed by atoms with Crippen molar-refractivity contribution in [1.82, 2.24) is 0 Å². The van der Waals surface area contributed by atoms with Crippen molar-refractivity contribution in [3.8, 4) is 0 Å². The Morgan fingerprint density at radius 3 is 2.12 bits per heavy atom. The number of hydrogen-bond donors (Lipinski definition) is 1. The zero-order valence-corrected chi connectivity index (χ0v) is 10.2. The molecule has 0 aromatic carbocycles. The van der Waals surface area contributed by atoms with Gasteiger partial charge in [-0.3, -0.25) is 4.79 Å². The zero-order valence-electron chi connectivity index (χ0n) is 10.2. The van der Waals surface area contributed by atoms with Gasteiger partial charge in [-0.2, -0.15) is 0 Å². The molecule has 1 saturated heterocycles. The van der Waals surface area contributed by atoms with E-state index in [1.54, 1.807) is 6.92 Å². The van der Waals surface area contributed by atoms with E-state index in [1.807, 2.05) is 0 Å². The van der Waals surface area contributed by atoms with Gasteiger partial charge in [-0.25, -0.2) is 0 Å². The Morgan fingerprint density at radius 1 is 1.12 bits per heavy atom. The van der Waals surface area contributed by atoms with Crippen molar-refractivity contribution in [2.24, 2.45) is 10.8 Å². The standard InChI is InChI=1S/C12H20O4/c1-10(2)7-15-12(16-8-10)5-4-11(3,6-12)9(13)14/h4-8H2,1-3H3,(H,13,14). The summed E-state index contributed by atoms with van der Waals surface area (Å²) in [4.78, 5) is 11.2. The van der Waals surface area contributed by atoms with E-state index in [4.69, 9.17) is 9.47 Å². The van der Waals surface area contributed by atoms with Gasteiger partial charge in [0.1, 0.15) is 0 Å². The number of aliphatic carboxylic acids is 1. The van der Waals surface area contributed by atoms with Gasteiger partial charge in [-0.1, -0.05) is 13.8 Å². The van der Waals surface area contributed by atoms with Crippen molar-refractivity contribution in [3.05, 3.63) is 0 Å². The molecular formula is C12H20O4. The second kappa shape index (κ2) is 3.44. The van der Waals surface area contributed by atoms with E-state index in [9.17, 15) is 9.90 Å². The Hall–Kier alpha value is -0.610. The highest BCUT2D eigenvalue weighted by Gasteiger charge is 2.54. The average Bonchev–Trinajstić information content (AvgIpc) is 2.52. The van der Waals surface area contributed by atoms with Crippen molar-refractivity contribution in [3.63, 3.8) is 0 Å². The van der Waals surface area contributed by atoms with Crippen LogP contribution in [-0.4, -0.2) is 30.1 Å². The largest absolute Gasteiger partial charge is 0.481 e. The topological polar surface area (TPSA) is 55.8 Å². The Bertz CT molecular complexity index is 300. The summed E-state index contributed by atoms with van der Waals surface area (Å²) in [5.41, 5.74) is -0.658. The Balaban J connectivity index is 2.06. The van der Waals surface area contributed by atoms with Crippen LogP contribution in [0.15, 0.2) is 0 Å². The number of carboxylic acids is 1. The van der Waals surface area contributed by atoms with Gasteiger partial charge in [0, 0.05) is 18.3 Å². The van der Waals surface area contributed by atoms with Crippen LogP contribution in [-0.2, 0) is 14.3 Å². The average molecular weight is 228 g/mol. The Kier molecular flexibility index (Phi) is 2.55. The third kappa shape index (κ3) is 1.96. The molecule has 2 rings (SSSR count). The number of carboxylic acid groups (broad SMARTS) is 1. The molecule has 1 saturated carbocycles. The van der Waals surface area contributed by atoms with Crippen molar-refractivity contribution in [2.45, 2.75) is 45.8 Å². The summed E-state index contributed by atoms with van der Waals surface area (Å²) in [6, 6.07) is 0. The fraction of sp³-hybridized carbons (Fsp3) is 0.917. The fourth-order valence-electron chi connectivity index (χ4n) is 2.40. The van der Waals surface area contributed by atoms with Crippen LogP contribution >= 0.6 is 0 Å². The van der Waals surface area contributed by atoms with Crippen molar-refractivity contribution < 1.29 is 19.4 Å². The highest BCUT2D eigenvalue weighted by molar-refractivity contribution is 5.74. The smallest absolute Gasteiger partial charge is 0.309 e. The maximum Gasteiger partial charge on any atom is 0.309 e. The van der Waals surface area contributed by atoms with Crippen LogP contribution in [0.25, 0.3) is 0 Å². The molecule has 2 aliphatic rings. The molecule has 0 radical (unpaired) electrons. The maximum atomic E-state index is 11.2. The lowest BCUT2D eigenvalue weighted by Crippen LogP contribution is -2.46. The Labute approximate surface area is 95.9 Å². The number of ether oxygens (including phenoxy) is 2. The van der Waals surface area contributed by atoms with Crippen molar-refractivity contribution in [2.75, 3.05) is 13.2 Å². The predicted octanol–water partition coefficient (Wildman–Crippen LogP) is 2.03. The first-order chi connectivity index (χ1) is 7.27. The van der Waals surface area contributed by atoms with E-state index in [1.165, 1.54) is 0 Å². The van der Waals surface area contributed by atoms with Gasteiger partial charge in [0.05, 0.1) is 18.6 Å². The molecule has 1 aliphatic carbocycles. The summed E-state index contributed by atoms with van der Waals surface area (Å²) >= 11 is 0. The molecule has 2 fully saturated rings. The minimum atomic E-state index is -0.749. The van der Waals surface area contributed by atoms with Crippen molar-refractivity contribution >= 4 is 5.97 Å². The zero-order chi connectivity index (χ0) is 12.0. The fourth-order valence-corrected chi connectivity index (χ4v) is 2.40. The van der Waals surface area contributed by atoms with Gasteiger partial charge in [0.15, 0.2) is 5.79 Å². The molecule has 16 heavy (non-hydrogen) atoms. The highest BCUT2D eigenvalue weighted by atomic mass is 16.7. The molecule has 92 valence electrons. The van der Waals surface area contributed by atoms with Crippen LogP contribution < -0.4 is 0 Å². The van der Waals surface area contributed by atoms with E-state index in [0.717, 1.165) is 0 Å². The van der Waals surface area contributed by atoms with Gasteiger partial charge in [-0.15, -0.1) is 0 Å². The predicted molar refractivity (Wildman–Crippen MR) is 58.0 cm³/mol. The van der Waals surface area contributed by atoms with Gasteiger partial charge in [-0.05, 0) is 13.3 Å². The van der Waals surface area contributed by atoms with Crippen LogP contribution in [0.3, 0.4) is 0 Å². The highest BCUT2D eigenvalue weighted by Crippen LogP contribution is 2.49. The molecule has 1 N–H and O–H groups in total. The summed E-state index contributed by atoms with van der Waals surface area (Å²) in [7, 11) is 0. The third-order valence-electron chi connectivity index (χ3n) is 3.69. The minimum Gasteiger partial charge on any atom is -0.481 e. The third-order valence-corrected chi connectivity index (χ3v) is 3.69. The summed E-state index contributed by atoms with van der Waals surface area (Å²) in [5.74, 6) is -1.38. The molecule has 0 amide bonds. The number of rotatable bonds is 1. The van der Waals surface area contributed by atoms with E-state index in [-0.39, 0.29) is 5.41 Å². The van der Waals surface area contributed by atoms with Gasteiger partial charge < -0.3 is 14.6 Å². The molecule has 1 heterocycles. The van der Waals surface area contributed by atoms with Gasteiger partial charge >= 0.3 is 5.97 Å². The monoisotopic (exact) mass is 228 g/mol. The van der Waals surface area contributed by atoms with E-state index < -0.39 is 17.2 Å². The molecule has 1 spiro atoms. The molecule has 0 bridgehead atoms. The first kappa shape index (κ1) is 11.9. The van der Waals surface area contributed by atoms with E-state index in [0.29, 0.717) is 32.5 Å². The lowest BCUT2D eigenvalue weighted by Gasteiger charge is -2.42. The lowest BCUT2D eigenvalue weighted by molar-refractivity contribution is -0.297. The summed E-state index contributed by atoms with van der Waals surface area (Å²) < 4.78 is 11.6. The van der Waals surface area contributed by atoms with Crippen LogP contribution in [0.4, 0.5) is 0 Å². The van der Waals surface area contributed by atoms with E-state index >= 15 is 0 Å². The van der Waals surface area contributed by atoms with Gasteiger partial charge in [0.25, 0.3) is 0 Å². The molecule has 0 aromatic rings. The number of carbonyl (C=O) groups is 1. The summed E-state index contributed by atoms with van der Waals surface area (Å²) in [5, 5.41) is 9.18. The van der Waals surface area contributed by atoms with Crippen LogP contribution in [0.5, 0.6) is 0 Å². The van der Waals surface area contributed by atoms with Crippen LogP contribution in [0.2, 0.25) is 0 Å². The van der Waals surface area contributed by atoms with Crippen LogP contribution in [0, 0.1) is 10.8 Å². The first-order valence-corrected chi connectivity index (χ1v) is 5.78. The van der Waals surface area contributed by atoms with Crippen LogP contribution in [0.1, 0.15) is 40.0 Å².